The van der Waals surface area contributed by atoms with E-state index in [9.17, 15) is 0 Å². The Labute approximate surface area is 134 Å². The molecule has 112 valence electrons. The molecule has 0 aliphatic rings. The summed E-state index contributed by atoms with van der Waals surface area (Å²) in [5, 5.41) is 22.7. The van der Waals surface area contributed by atoms with E-state index >= 15 is 0 Å². The Bertz CT molecular complexity index is 971. The second-order valence-electron chi connectivity index (χ2n) is 4.86. The number of aryl methyl sites for hydroxylation is 2. The van der Waals surface area contributed by atoms with Crippen molar-refractivity contribution in [3.63, 3.8) is 0 Å². The third kappa shape index (κ3) is 1.79. The summed E-state index contributed by atoms with van der Waals surface area (Å²) in [7, 11) is 3.72. The van der Waals surface area contributed by atoms with Crippen molar-refractivity contribution in [2.24, 2.45) is 14.1 Å². The van der Waals surface area contributed by atoms with Crippen LogP contribution in [0.5, 0.6) is 0 Å². The summed E-state index contributed by atoms with van der Waals surface area (Å²) < 4.78 is 5.21. The fourth-order valence-electron chi connectivity index (χ4n) is 2.25. The largest absolute Gasteiger partial charge is 0.272 e. The standard InChI is InChI=1S/C12H11ClN8S/c1-6-7(4-14-19(6)2)10-16-17-12-21(10)18-11(22-12)9-8(13)5-15-20(9)3/h4-5H,1-3H3. The Morgan fingerprint density at radius 1 is 1.09 bits per heavy atom. The second kappa shape index (κ2) is 4.62. The average molecular weight is 335 g/mol. The van der Waals surface area contributed by atoms with Gasteiger partial charge >= 0.3 is 0 Å². The molecule has 4 heterocycles. The van der Waals surface area contributed by atoms with Gasteiger partial charge in [-0.05, 0) is 6.92 Å². The van der Waals surface area contributed by atoms with Gasteiger partial charge in [0.1, 0.15) is 5.69 Å². The third-order valence-electron chi connectivity index (χ3n) is 3.56. The zero-order chi connectivity index (χ0) is 15.4. The Morgan fingerprint density at radius 2 is 1.86 bits per heavy atom. The number of hydrogen-bond acceptors (Lipinski definition) is 6. The van der Waals surface area contributed by atoms with Crippen molar-refractivity contribution < 1.29 is 0 Å². The van der Waals surface area contributed by atoms with E-state index in [0.29, 0.717) is 15.8 Å². The van der Waals surface area contributed by atoms with Crippen LogP contribution < -0.4 is 0 Å². The number of aromatic nitrogens is 8. The van der Waals surface area contributed by atoms with Crippen molar-refractivity contribution >= 4 is 27.9 Å². The molecule has 0 spiro atoms. The van der Waals surface area contributed by atoms with Crippen molar-refractivity contribution in [3.05, 3.63) is 23.1 Å². The Kier molecular flexibility index (Phi) is 2.81. The van der Waals surface area contributed by atoms with E-state index in [-0.39, 0.29) is 0 Å². The van der Waals surface area contributed by atoms with Gasteiger partial charge in [0.2, 0.25) is 4.96 Å². The van der Waals surface area contributed by atoms with E-state index < -0.39 is 0 Å². The van der Waals surface area contributed by atoms with Gasteiger partial charge in [-0.1, -0.05) is 22.9 Å². The molecule has 0 aromatic carbocycles. The van der Waals surface area contributed by atoms with Crippen molar-refractivity contribution in [2.45, 2.75) is 6.92 Å². The quantitative estimate of drug-likeness (QED) is 0.560. The van der Waals surface area contributed by atoms with Crippen LogP contribution in [0.3, 0.4) is 0 Å². The molecule has 0 radical (unpaired) electrons. The Hall–Kier alpha value is -2.26. The molecule has 0 saturated heterocycles. The summed E-state index contributed by atoms with van der Waals surface area (Å²) in [5.41, 5.74) is 2.68. The van der Waals surface area contributed by atoms with Gasteiger partial charge in [-0.3, -0.25) is 9.36 Å². The van der Waals surface area contributed by atoms with Gasteiger partial charge < -0.3 is 0 Å². The lowest BCUT2D eigenvalue weighted by molar-refractivity contribution is 0.740. The molecule has 0 fully saturated rings. The SMILES string of the molecule is Cc1c(-c2nnc3sc(-c4c(Cl)cnn4C)nn23)cnn1C. The summed E-state index contributed by atoms with van der Waals surface area (Å²) >= 11 is 7.60. The maximum Gasteiger partial charge on any atom is 0.235 e. The molecule has 0 amide bonds. The molecule has 4 aromatic heterocycles. The number of nitrogens with zero attached hydrogens (tertiary/aromatic N) is 8. The van der Waals surface area contributed by atoms with Gasteiger partial charge in [0.05, 0.1) is 23.0 Å². The van der Waals surface area contributed by atoms with E-state index in [0.717, 1.165) is 22.0 Å². The summed E-state index contributed by atoms with van der Waals surface area (Å²) in [6.07, 6.45) is 3.37. The van der Waals surface area contributed by atoms with Crippen molar-refractivity contribution in [2.75, 3.05) is 0 Å². The minimum atomic E-state index is 0.562. The highest BCUT2D eigenvalue weighted by molar-refractivity contribution is 7.19. The molecule has 4 rings (SSSR count). The molecule has 4 aromatic rings. The van der Waals surface area contributed by atoms with E-state index in [2.05, 4.69) is 25.5 Å². The van der Waals surface area contributed by atoms with Crippen LogP contribution in [0, 0.1) is 6.92 Å². The van der Waals surface area contributed by atoms with Gasteiger partial charge in [-0.2, -0.15) is 19.8 Å². The van der Waals surface area contributed by atoms with Gasteiger partial charge in [0.25, 0.3) is 0 Å². The van der Waals surface area contributed by atoms with Crippen LogP contribution in [-0.4, -0.2) is 39.4 Å². The monoisotopic (exact) mass is 334 g/mol. The molecule has 0 bridgehead atoms. The molecule has 0 atom stereocenters. The molecular weight excluding hydrogens is 324 g/mol. The Morgan fingerprint density at radius 3 is 2.50 bits per heavy atom. The van der Waals surface area contributed by atoms with Crippen LogP contribution in [-0.2, 0) is 14.1 Å². The van der Waals surface area contributed by atoms with Crippen LogP contribution in [0.25, 0.3) is 27.1 Å². The molecule has 8 nitrogen and oxygen atoms in total. The normalized spacial score (nSPS) is 11.6. The second-order valence-corrected chi connectivity index (χ2v) is 6.22. The van der Waals surface area contributed by atoms with E-state index in [4.69, 9.17) is 11.6 Å². The summed E-state index contributed by atoms with van der Waals surface area (Å²) in [6, 6.07) is 0. The predicted molar refractivity (Wildman–Crippen MR) is 82.8 cm³/mol. The minimum absolute atomic E-state index is 0.562. The highest BCUT2D eigenvalue weighted by Gasteiger charge is 2.20. The van der Waals surface area contributed by atoms with Crippen molar-refractivity contribution in [1.82, 2.24) is 39.4 Å². The molecule has 0 N–H and O–H groups in total. The lowest BCUT2D eigenvalue weighted by atomic mass is 10.2. The van der Waals surface area contributed by atoms with E-state index in [1.165, 1.54) is 11.3 Å². The van der Waals surface area contributed by atoms with Crippen molar-refractivity contribution in [1.29, 1.82) is 0 Å². The van der Waals surface area contributed by atoms with Gasteiger partial charge in [0.15, 0.2) is 10.8 Å². The van der Waals surface area contributed by atoms with Crippen molar-refractivity contribution in [3.8, 4) is 22.1 Å². The number of fused-ring (bicyclic) bond motifs is 1. The average Bonchev–Trinajstić information content (AvgIpc) is 3.19. The molecule has 0 aliphatic carbocycles. The van der Waals surface area contributed by atoms with Crippen LogP contribution >= 0.6 is 22.9 Å². The Balaban J connectivity index is 1.92. The van der Waals surface area contributed by atoms with Crippen LogP contribution in [0.2, 0.25) is 5.02 Å². The first-order chi connectivity index (χ1) is 10.6. The fraction of sp³-hybridized carbons (Fsp3) is 0.250. The number of rotatable bonds is 2. The number of hydrogen-bond donors (Lipinski definition) is 0. The predicted octanol–water partition coefficient (Wildman–Crippen LogP) is 1.95. The molecule has 22 heavy (non-hydrogen) atoms. The molecule has 0 unspecified atom stereocenters. The molecule has 0 saturated carbocycles. The molecule has 10 heteroatoms. The van der Waals surface area contributed by atoms with Crippen LogP contribution in [0.4, 0.5) is 0 Å². The molecule has 0 aliphatic heterocycles. The summed E-state index contributed by atoms with van der Waals surface area (Å²) in [5.74, 6) is 0.668. The minimum Gasteiger partial charge on any atom is -0.272 e. The number of halogens is 1. The smallest absolute Gasteiger partial charge is 0.235 e. The maximum atomic E-state index is 6.18. The summed E-state index contributed by atoms with van der Waals surface area (Å²) in [4.78, 5) is 0.700. The van der Waals surface area contributed by atoms with E-state index in [1.807, 2.05) is 21.0 Å². The third-order valence-corrected chi connectivity index (χ3v) is 4.75. The first-order valence-corrected chi connectivity index (χ1v) is 7.65. The van der Waals surface area contributed by atoms with Crippen LogP contribution in [0.1, 0.15) is 5.69 Å². The topological polar surface area (TPSA) is 78.7 Å². The zero-order valence-corrected chi connectivity index (χ0v) is 13.6. The highest BCUT2D eigenvalue weighted by Crippen LogP contribution is 2.32. The highest BCUT2D eigenvalue weighted by atomic mass is 35.5. The summed E-state index contributed by atoms with van der Waals surface area (Å²) in [6.45, 7) is 1.98. The first-order valence-electron chi connectivity index (χ1n) is 6.45. The fourth-order valence-corrected chi connectivity index (χ4v) is 3.49. The lowest BCUT2D eigenvalue weighted by Gasteiger charge is -1.98. The van der Waals surface area contributed by atoms with Gasteiger partial charge in [-0.15, -0.1) is 10.2 Å². The lowest BCUT2D eigenvalue weighted by Crippen LogP contribution is -1.97. The van der Waals surface area contributed by atoms with Gasteiger partial charge in [0, 0.05) is 19.8 Å². The van der Waals surface area contributed by atoms with E-state index in [1.54, 1.807) is 26.3 Å². The maximum absolute atomic E-state index is 6.18. The zero-order valence-electron chi connectivity index (χ0n) is 12.0. The first kappa shape index (κ1) is 13.4. The van der Waals surface area contributed by atoms with Gasteiger partial charge in [-0.25, -0.2) is 0 Å². The molecular formula is C12H11ClN8S. The van der Waals surface area contributed by atoms with Crippen LogP contribution in [0.15, 0.2) is 12.4 Å².